The fourth-order valence-corrected chi connectivity index (χ4v) is 2.06. The molecule has 1 aliphatic carbocycles. The Morgan fingerprint density at radius 1 is 1.07 bits per heavy atom. The molecule has 14 heavy (non-hydrogen) atoms. The summed E-state index contributed by atoms with van der Waals surface area (Å²) in [6.07, 6.45) is 6.44. The minimum Gasteiger partial charge on any atom is -0.506 e. The molecule has 2 N–H and O–H groups in total. The van der Waals surface area contributed by atoms with Crippen molar-refractivity contribution in [3.8, 4) is 5.75 Å². The monoisotopic (exact) mass is 191 g/mol. The van der Waals surface area contributed by atoms with Gasteiger partial charge in [-0.15, -0.1) is 0 Å². The molecule has 0 aliphatic heterocycles. The van der Waals surface area contributed by atoms with Crippen LogP contribution in [0.25, 0.3) is 0 Å². The molecule has 0 bridgehead atoms. The molecule has 0 spiro atoms. The van der Waals surface area contributed by atoms with Gasteiger partial charge in [-0.3, -0.25) is 0 Å². The standard InChI is InChI=1S/C12H17NO/c14-12-9-5-4-8-11(12)13-10-6-2-1-3-7-10/h4-5,8-10,13-14H,1-3,6-7H2. The molecular formula is C12H17NO. The first-order valence-electron chi connectivity index (χ1n) is 5.41. The molecule has 2 rings (SSSR count). The Bertz CT molecular complexity index is 292. The van der Waals surface area contributed by atoms with Gasteiger partial charge in [0.1, 0.15) is 5.75 Å². The summed E-state index contributed by atoms with van der Waals surface area (Å²) in [7, 11) is 0. The van der Waals surface area contributed by atoms with E-state index < -0.39 is 0 Å². The molecule has 0 radical (unpaired) electrons. The molecule has 2 heteroatoms. The molecule has 1 aromatic carbocycles. The van der Waals surface area contributed by atoms with Gasteiger partial charge in [-0.2, -0.15) is 0 Å². The molecule has 1 aromatic rings. The fraction of sp³-hybridized carbons (Fsp3) is 0.500. The zero-order chi connectivity index (χ0) is 9.80. The highest BCUT2D eigenvalue weighted by Crippen LogP contribution is 2.26. The first-order valence-corrected chi connectivity index (χ1v) is 5.41. The molecule has 1 fully saturated rings. The molecule has 0 saturated heterocycles. The summed E-state index contributed by atoms with van der Waals surface area (Å²) < 4.78 is 0. The number of phenols is 1. The molecule has 0 heterocycles. The normalized spacial score (nSPS) is 18.0. The smallest absolute Gasteiger partial charge is 0.138 e. The highest BCUT2D eigenvalue weighted by Gasteiger charge is 2.13. The van der Waals surface area contributed by atoms with Gasteiger partial charge < -0.3 is 10.4 Å². The number of hydrogen-bond acceptors (Lipinski definition) is 2. The van der Waals surface area contributed by atoms with Crippen molar-refractivity contribution in [3.05, 3.63) is 24.3 Å². The third kappa shape index (κ3) is 2.19. The SMILES string of the molecule is Oc1ccccc1NC1CCCCC1. The Kier molecular flexibility index (Phi) is 2.92. The average Bonchev–Trinajstić information content (AvgIpc) is 2.23. The van der Waals surface area contributed by atoms with Crippen LogP contribution in [0.5, 0.6) is 5.75 Å². The largest absolute Gasteiger partial charge is 0.506 e. The second-order valence-corrected chi connectivity index (χ2v) is 4.00. The van der Waals surface area contributed by atoms with Crippen LogP contribution >= 0.6 is 0 Å². The quantitative estimate of drug-likeness (QED) is 0.704. The number of anilines is 1. The van der Waals surface area contributed by atoms with Crippen molar-refractivity contribution in [3.63, 3.8) is 0 Å². The minimum atomic E-state index is 0.359. The lowest BCUT2D eigenvalue weighted by molar-refractivity contribution is 0.453. The van der Waals surface area contributed by atoms with E-state index in [4.69, 9.17) is 0 Å². The van der Waals surface area contributed by atoms with E-state index in [0.29, 0.717) is 11.8 Å². The van der Waals surface area contributed by atoms with Crippen molar-refractivity contribution in [2.24, 2.45) is 0 Å². The summed E-state index contributed by atoms with van der Waals surface area (Å²) in [4.78, 5) is 0. The number of phenolic OH excluding ortho intramolecular Hbond substituents is 1. The topological polar surface area (TPSA) is 32.3 Å². The maximum absolute atomic E-state index is 9.58. The van der Waals surface area contributed by atoms with Gasteiger partial charge in [-0.1, -0.05) is 31.4 Å². The van der Waals surface area contributed by atoms with Crippen LogP contribution in [-0.4, -0.2) is 11.1 Å². The van der Waals surface area contributed by atoms with E-state index in [1.807, 2.05) is 18.2 Å². The second-order valence-electron chi connectivity index (χ2n) is 4.00. The summed E-state index contributed by atoms with van der Waals surface area (Å²) in [5.41, 5.74) is 0.874. The van der Waals surface area contributed by atoms with Crippen molar-refractivity contribution in [2.75, 3.05) is 5.32 Å². The van der Waals surface area contributed by atoms with Crippen molar-refractivity contribution < 1.29 is 5.11 Å². The minimum absolute atomic E-state index is 0.359. The number of para-hydroxylation sites is 2. The van der Waals surface area contributed by atoms with E-state index >= 15 is 0 Å². The molecule has 0 amide bonds. The van der Waals surface area contributed by atoms with Gasteiger partial charge in [-0.05, 0) is 25.0 Å². The van der Waals surface area contributed by atoms with Crippen molar-refractivity contribution in [2.45, 2.75) is 38.1 Å². The van der Waals surface area contributed by atoms with Crippen LogP contribution in [0.2, 0.25) is 0 Å². The van der Waals surface area contributed by atoms with Crippen molar-refractivity contribution >= 4 is 5.69 Å². The zero-order valence-corrected chi connectivity index (χ0v) is 8.37. The predicted octanol–water partition coefficient (Wildman–Crippen LogP) is 3.14. The molecule has 1 aliphatic rings. The van der Waals surface area contributed by atoms with Gasteiger partial charge in [0.25, 0.3) is 0 Å². The molecule has 0 atom stereocenters. The van der Waals surface area contributed by atoms with E-state index in [0.717, 1.165) is 5.69 Å². The Hall–Kier alpha value is -1.18. The Morgan fingerprint density at radius 2 is 1.79 bits per heavy atom. The van der Waals surface area contributed by atoms with E-state index in [2.05, 4.69) is 5.32 Å². The van der Waals surface area contributed by atoms with Crippen LogP contribution in [0.3, 0.4) is 0 Å². The van der Waals surface area contributed by atoms with E-state index in [9.17, 15) is 5.11 Å². The third-order valence-corrected chi connectivity index (χ3v) is 2.87. The number of aromatic hydroxyl groups is 1. The summed E-state index contributed by atoms with van der Waals surface area (Å²) in [6.45, 7) is 0. The first kappa shape index (κ1) is 9.38. The van der Waals surface area contributed by atoms with Crippen LogP contribution in [0.15, 0.2) is 24.3 Å². The number of hydrogen-bond donors (Lipinski definition) is 2. The number of benzene rings is 1. The summed E-state index contributed by atoms with van der Waals surface area (Å²) in [5.74, 6) is 0.359. The van der Waals surface area contributed by atoms with E-state index in [1.165, 1.54) is 32.1 Å². The number of nitrogens with one attached hydrogen (secondary N) is 1. The van der Waals surface area contributed by atoms with Gasteiger partial charge in [0.2, 0.25) is 0 Å². The van der Waals surface area contributed by atoms with Crippen molar-refractivity contribution in [1.29, 1.82) is 0 Å². The van der Waals surface area contributed by atoms with E-state index in [-0.39, 0.29) is 0 Å². The lowest BCUT2D eigenvalue weighted by Crippen LogP contribution is -2.22. The summed E-state index contributed by atoms with van der Waals surface area (Å²) in [5, 5.41) is 13.0. The maximum atomic E-state index is 9.58. The third-order valence-electron chi connectivity index (χ3n) is 2.87. The molecular weight excluding hydrogens is 174 g/mol. The van der Waals surface area contributed by atoms with Gasteiger partial charge >= 0.3 is 0 Å². The summed E-state index contributed by atoms with van der Waals surface area (Å²) >= 11 is 0. The molecule has 0 aromatic heterocycles. The molecule has 2 nitrogen and oxygen atoms in total. The lowest BCUT2D eigenvalue weighted by Gasteiger charge is -2.24. The molecule has 1 saturated carbocycles. The Balaban J connectivity index is 1.99. The van der Waals surface area contributed by atoms with Gasteiger partial charge in [0.05, 0.1) is 5.69 Å². The van der Waals surface area contributed by atoms with E-state index in [1.54, 1.807) is 6.07 Å². The van der Waals surface area contributed by atoms with Gasteiger partial charge in [0.15, 0.2) is 0 Å². The maximum Gasteiger partial charge on any atom is 0.138 e. The van der Waals surface area contributed by atoms with Crippen LogP contribution in [-0.2, 0) is 0 Å². The van der Waals surface area contributed by atoms with Gasteiger partial charge in [-0.25, -0.2) is 0 Å². The summed E-state index contributed by atoms with van der Waals surface area (Å²) in [6, 6.07) is 8.01. The average molecular weight is 191 g/mol. The lowest BCUT2D eigenvalue weighted by atomic mass is 9.95. The Labute approximate surface area is 85.0 Å². The van der Waals surface area contributed by atoms with Gasteiger partial charge in [0, 0.05) is 6.04 Å². The number of rotatable bonds is 2. The highest BCUT2D eigenvalue weighted by atomic mass is 16.3. The van der Waals surface area contributed by atoms with Crippen LogP contribution in [0, 0.1) is 0 Å². The predicted molar refractivity (Wildman–Crippen MR) is 58.6 cm³/mol. The van der Waals surface area contributed by atoms with Crippen LogP contribution in [0.1, 0.15) is 32.1 Å². The Morgan fingerprint density at radius 3 is 2.50 bits per heavy atom. The second kappa shape index (κ2) is 4.36. The molecule has 76 valence electrons. The molecule has 0 unspecified atom stereocenters. The highest BCUT2D eigenvalue weighted by molar-refractivity contribution is 5.55. The van der Waals surface area contributed by atoms with Crippen LogP contribution in [0.4, 0.5) is 5.69 Å². The zero-order valence-electron chi connectivity index (χ0n) is 8.37. The first-order chi connectivity index (χ1) is 6.86. The fourth-order valence-electron chi connectivity index (χ4n) is 2.06. The van der Waals surface area contributed by atoms with Crippen molar-refractivity contribution in [1.82, 2.24) is 0 Å². The van der Waals surface area contributed by atoms with Crippen LogP contribution < -0.4 is 5.32 Å².